The number of nitrogens with zero attached hydrogens (tertiary/aromatic N) is 2. The minimum atomic E-state index is -0.432. The van der Waals surface area contributed by atoms with Crippen molar-refractivity contribution in [2.75, 3.05) is 5.43 Å². The Bertz CT molecular complexity index is 612. The molecule has 1 atom stereocenters. The fourth-order valence-corrected chi connectivity index (χ4v) is 1.79. The molecule has 0 saturated carbocycles. The summed E-state index contributed by atoms with van der Waals surface area (Å²) in [5.74, 6) is 0.131. The Labute approximate surface area is 117 Å². The molecule has 0 aromatic heterocycles. The number of para-hydroxylation sites is 2. The van der Waals surface area contributed by atoms with Crippen LogP contribution in [0.25, 0.3) is 0 Å². The molecule has 0 aliphatic heterocycles. The van der Waals surface area contributed by atoms with Crippen LogP contribution in [0.3, 0.4) is 0 Å². The second-order valence-electron chi connectivity index (χ2n) is 4.36. The van der Waals surface area contributed by atoms with Crippen molar-refractivity contribution in [3.05, 3.63) is 70.3 Å². The van der Waals surface area contributed by atoms with E-state index in [1.807, 2.05) is 37.3 Å². The molecule has 0 amide bonds. The lowest BCUT2D eigenvalue weighted by molar-refractivity contribution is -0.384. The van der Waals surface area contributed by atoms with Crippen LogP contribution >= 0.6 is 0 Å². The standard InChI is InChI=1S/C15H15N3O2/c1-12(13-7-3-2-4-8-13)11-16-17-14-9-5-6-10-15(14)18(19)20/h2-12,17H,1H3/b16-11-/t12-/m0/s1. The van der Waals surface area contributed by atoms with E-state index in [1.165, 1.54) is 6.07 Å². The van der Waals surface area contributed by atoms with Crippen molar-refractivity contribution >= 4 is 17.6 Å². The summed E-state index contributed by atoms with van der Waals surface area (Å²) in [5.41, 5.74) is 4.26. The molecule has 5 heteroatoms. The Balaban J connectivity index is 2.05. The predicted molar refractivity (Wildman–Crippen MR) is 80.1 cm³/mol. The number of nitro groups is 1. The molecule has 0 aliphatic rings. The molecule has 0 heterocycles. The third-order valence-corrected chi connectivity index (χ3v) is 2.91. The van der Waals surface area contributed by atoms with Crippen molar-refractivity contribution in [3.63, 3.8) is 0 Å². The summed E-state index contributed by atoms with van der Waals surface area (Å²) in [6, 6.07) is 16.3. The van der Waals surface area contributed by atoms with Crippen LogP contribution in [0.15, 0.2) is 59.7 Å². The summed E-state index contributed by atoms with van der Waals surface area (Å²) in [4.78, 5) is 10.4. The van der Waals surface area contributed by atoms with Gasteiger partial charge < -0.3 is 0 Å². The first kappa shape index (κ1) is 13.7. The average molecular weight is 269 g/mol. The van der Waals surface area contributed by atoms with Crippen LogP contribution in [0.1, 0.15) is 18.4 Å². The number of nitrogens with one attached hydrogen (secondary N) is 1. The number of benzene rings is 2. The van der Waals surface area contributed by atoms with Crippen molar-refractivity contribution in [2.45, 2.75) is 12.8 Å². The lowest BCUT2D eigenvalue weighted by atomic mass is 10.0. The van der Waals surface area contributed by atoms with Crippen LogP contribution in [-0.4, -0.2) is 11.1 Å². The monoisotopic (exact) mass is 269 g/mol. The van der Waals surface area contributed by atoms with Gasteiger partial charge in [-0.15, -0.1) is 0 Å². The average Bonchev–Trinajstić information content (AvgIpc) is 2.48. The van der Waals surface area contributed by atoms with E-state index in [4.69, 9.17) is 0 Å². The van der Waals surface area contributed by atoms with Crippen molar-refractivity contribution in [1.29, 1.82) is 0 Å². The number of hydrazone groups is 1. The van der Waals surface area contributed by atoms with E-state index in [9.17, 15) is 10.1 Å². The molecular formula is C15H15N3O2. The van der Waals surface area contributed by atoms with Crippen molar-refractivity contribution in [3.8, 4) is 0 Å². The largest absolute Gasteiger partial charge is 0.294 e. The first-order valence-electron chi connectivity index (χ1n) is 6.26. The summed E-state index contributed by atoms with van der Waals surface area (Å²) < 4.78 is 0. The fourth-order valence-electron chi connectivity index (χ4n) is 1.79. The lowest BCUT2D eigenvalue weighted by Gasteiger charge is -2.06. The highest BCUT2D eigenvalue weighted by Crippen LogP contribution is 2.23. The van der Waals surface area contributed by atoms with Gasteiger partial charge in [0, 0.05) is 18.2 Å². The minimum absolute atomic E-state index is 0.0111. The minimum Gasteiger partial charge on any atom is -0.272 e. The van der Waals surface area contributed by atoms with Gasteiger partial charge in [0.25, 0.3) is 5.69 Å². The second-order valence-corrected chi connectivity index (χ2v) is 4.36. The van der Waals surface area contributed by atoms with E-state index in [0.29, 0.717) is 5.69 Å². The Morgan fingerprint density at radius 1 is 1.15 bits per heavy atom. The maximum absolute atomic E-state index is 10.9. The van der Waals surface area contributed by atoms with Gasteiger partial charge in [-0.3, -0.25) is 15.5 Å². The number of rotatable bonds is 5. The molecular weight excluding hydrogens is 254 g/mol. The molecule has 5 nitrogen and oxygen atoms in total. The highest BCUT2D eigenvalue weighted by molar-refractivity contribution is 5.70. The van der Waals surface area contributed by atoms with Gasteiger partial charge >= 0.3 is 0 Å². The van der Waals surface area contributed by atoms with Gasteiger partial charge in [0.1, 0.15) is 5.69 Å². The zero-order valence-corrected chi connectivity index (χ0v) is 11.1. The number of hydrogen-bond acceptors (Lipinski definition) is 4. The van der Waals surface area contributed by atoms with Gasteiger partial charge in [0.05, 0.1) is 4.92 Å². The molecule has 20 heavy (non-hydrogen) atoms. The number of nitro benzene ring substituents is 1. The fraction of sp³-hybridized carbons (Fsp3) is 0.133. The van der Waals surface area contributed by atoms with Crippen molar-refractivity contribution < 1.29 is 4.92 Å². The van der Waals surface area contributed by atoms with Gasteiger partial charge in [-0.25, -0.2) is 0 Å². The summed E-state index contributed by atoms with van der Waals surface area (Å²) in [6.45, 7) is 2.01. The summed E-state index contributed by atoms with van der Waals surface area (Å²) >= 11 is 0. The van der Waals surface area contributed by atoms with Crippen LogP contribution in [0.5, 0.6) is 0 Å². The normalized spacial score (nSPS) is 12.2. The van der Waals surface area contributed by atoms with Gasteiger partial charge in [0.15, 0.2) is 0 Å². The Morgan fingerprint density at radius 2 is 1.80 bits per heavy atom. The zero-order valence-electron chi connectivity index (χ0n) is 11.1. The Morgan fingerprint density at radius 3 is 2.50 bits per heavy atom. The summed E-state index contributed by atoms with van der Waals surface area (Å²) in [7, 11) is 0. The van der Waals surface area contributed by atoms with E-state index in [0.717, 1.165) is 5.56 Å². The van der Waals surface area contributed by atoms with Crippen LogP contribution in [0.4, 0.5) is 11.4 Å². The molecule has 2 rings (SSSR count). The van der Waals surface area contributed by atoms with Gasteiger partial charge in [-0.05, 0) is 11.6 Å². The maximum Gasteiger partial charge on any atom is 0.294 e. The maximum atomic E-state index is 10.9. The quantitative estimate of drug-likeness (QED) is 0.510. The topological polar surface area (TPSA) is 67.5 Å². The molecule has 1 N–H and O–H groups in total. The Hall–Kier alpha value is -2.69. The third-order valence-electron chi connectivity index (χ3n) is 2.91. The predicted octanol–water partition coefficient (Wildman–Crippen LogP) is 3.80. The first-order valence-corrected chi connectivity index (χ1v) is 6.26. The van der Waals surface area contributed by atoms with Gasteiger partial charge in [-0.1, -0.05) is 49.4 Å². The molecule has 0 aliphatic carbocycles. The van der Waals surface area contributed by atoms with Crippen LogP contribution < -0.4 is 5.43 Å². The first-order chi connectivity index (χ1) is 9.68. The van der Waals surface area contributed by atoms with E-state index in [2.05, 4.69) is 10.5 Å². The van der Waals surface area contributed by atoms with E-state index in [-0.39, 0.29) is 11.6 Å². The molecule has 0 radical (unpaired) electrons. The summed E-state index contributed by atoms with van der Waals surface area (Å²) in [5, 5.41) is 14.9. The molecule has 0 fully saturated rings. The zero-order chi connectivity index (χ0) is 14.4. The number of hydrogen-bond donors (Lipinski definition) is 1. The number of anilines is 1. The van der Waals surface area contributed by atoms with Crippen molar-refractivity contribution in [2.24, 2.45) is 5.10 Å². The highest BCUT2D eigenvalue weighted by Gasteiger charge is 2.11. The molecule has 102 valence electrons. The molecule has 0 bridgehead atoms. The van der Waals surface area contributed by atoms with Crippen molar-refractivity contribution in [1.82, 2.24) is 0 Å². The second kappa shape index (κ2) is 6.47. The lowest BCUT2D eigenvalue weighted by Crippen LogP contribution is -1.99. The molecule has 0 spiro atoms. The van der Waals surface area contributed by atoms with E-state index < -0.39 is 4.92 Å². The van der Waals surface area contributed by atoms with Crippen LogP contribution in [-0.2, 0) is 0 Å². The molecule has 0 unspecified atom stereocenters. The molecule has 0 saturated heterocycles. The summed E-state index contributed by atoms with van der Waals surface area (Å²) in [6.07, 6.45) is 1.73. The highest BCUT2D eigenvalue weighted by atomic mass is 16.6. The third kappa shape index (κ3) is 3.41. The SMILES string of the molecule is C[C@@H](/C=N\Nc1ccccc1[N+](=O)[O-])c1ccccc1. The van der Waals surface area contributed by atoms with Crippen LogP contribution in [0.2, 0.25) is 0 Å². The smallest absolute Gasteiger partial charge is 0.272 e. The van der Waals surface area contributed by atoms with Crippen LogP contribution in [0, 0.1) is 10.1 Å². The van der Waals surface area contributed by atoms with Gasteiger partial charge in [0.2, 0.25) is 0 Å². The molecule has 2 aromatic carbocycles. The van der Waals surface area contributed by atoms with Gasteiger partial charge in [-0.2, -0.15) is 5.10 Å². The van der Waals surface area contributed by atoms with E-state index in [1.54, 1.807) is 24.4 Å². The van der Waals surface area contributed by atoms with E-state index >= 15 is 0 Å². The Kier molecular flexibility index (Phi) is 4.44. The molecule has 2 aromatic rings.